The van der Waals surface area contributed by atoms with Gasteiger partial charge >= 0.3 is 0 Å². The Hall–Kier alpha value is -0.0800. The van der Waals surface area contributed by atoms with Crippen molar-refractivity contribution in [2.75, 3.05) is 20.3 Å². The van der Waals surface area contributed by atoms with Crippen molar-refractivity contribution in [2.24, 2.45) is 5.41 Å². The van der Waals surface area contributed by atoms with Crippen LogP contribution in [0.4, 0.5) is 0 Å². The second kappa shape index (κ2) is 1.41. The summed E-state index contributed by atoms with van der Waals surface area (Å²) in [6.07, 6.45) is 2.84. The summed E-state index contributed by atoms with van der Waals surface area (Å²) in [6.45, 7) is 2.04. The third-order valence-corrected chi connectivity index (χ3v) is 3.84. The quantitative estimate of drug-likeness (QED) is 0.484. The molecule has 0 N–H and O–H groups in total. The van der Waals surface area contributed by atoms with Gasteiger partial charge in [-0.2, -0.15) is 0 Å². The molecule has 0 bridgehead atoms. The van der Waals surface area contributed by atoms with E-state index in [1.807, 2.05) is 0 Å². The first-order chi connectivity index (χ1) is 4.84. The molecule has 1 saturated carbocycles. The summed E-state index contributed by atoms with van der Waals surface area (Å²) in [6, 6.07) is 1.67. The first-order valence-electron chi connectivity index (χ1n) is 4.14. The van der Waals surface area contributed by atoms with Crippen molar-refractivity contribution in [1.29, 1.82) is 0 Å². The van der Waals surface area contributed by atoms with Gasteiger partial charge < -0.3 is 4.74 Å². The van der Waals surface area contributed by atoms with Gasteiger partial charge in [-0.05, 0) is 19.9 Å². The van der Waals surface area contributed by atoms with E-state index >= 15 is 0 Å². The normalized spacial score (nSPS) is 58.5. The summed E-state index contributed by atoms with van der Waals surface area (Å²) >= 11 is 0. The smallest absolute Gasteiger partial charge is 0.0629 e. The second-order valence-corrected chi connectivity index (χ2v) is 3.98. The van der Waals surface area contributed by atoms with Crippen LogP contribution in [0.3, 0.4) is 0 Å². The maximum absolute atomic E-state index is 5.48. The standard InChI is InChI=1S/C8H13NO/c1-9-6-2-3-8(6)5-10-4-7(8)9/h6-7H,2-5H2,1H3. The van der Waals surface area contributed by atoms with Crippen LogP contribution in [0.25, 0.3) is 0 Å². The number of likely N-dealkylation sites (N-methyl/N-ethyl adjacent to an activating group) is 1. The van der Waals surface area contributed by atoms with Gasteiger partial charge in [0.05, 0.1) is 13.2 Å². The summed E-state index contributed by atoms with van der Waals surface area (Å²) < 4.78 is 5.48. The lowest BCUT2D eigenvalue weighted by atomic mass is 9.54. The average Bonchev–Trinajstić information content (AvgIpc) is 2.27. The summed E-state index contributed by atoms with van der Waals surface area (Å²) in [7, 11) is 2.24. The van der Waals surface area contributed by atoms with Gasteiger partial charge in [-0.3, -0.25) is 4.90 Å². The lowest BCUT2D eigenvalue weighted by Crippen LogP contribution is -2.75. The highest BCUT2D eigenvalue weighted by Crippen LogP contribution is 2.59. The molecule has 3 fully saturated rings. The van der Waals surface area contributed by atoms with Crippen LogP contribution in [0.15, 0.2) is 0 Å². The topological polar surface area (TPSA) is 12.5 Å². The van der Waals surface area contributed by atoms with Gasteiger partial charge in [0.1, 0.15) is 0 Å². The van der Waals surface area contributed by atoms with Gasteiger partial charge in [0, 0.05) is 17.5 Å². The molecule has 2 heterocycles. The average molecular weight is 139 g/mol. The Morgan fingerprint density at radius 1 is 1.50 bits per heavy atom. The molecule has 1 spiro atoms. The van der Waals surface area contributed by atoms with E-state index < -0.39 is 0 Å². The lowest BCUT2D eigenvalue weighted by Gasteiger charge is -2.66. The fourth-order valence-electron chi connectivity index (χ4n) is 3.09. The predicted molar refractivity (Wildman–Crippen MR) is 37.8 cm³/mol. The number of hydrogen-bond acceptors (Lipinski definition) is 2. The van der Waals surface area contributed by atoms with E-state index in [1.165, 1.54) is 12.8 Å². The van der Waals surface area contributed by atoms with Crippen LogP contribution >= 0.6 is 0 Å². The molecule has 2 nitrogen and oxygen atoms in total. The number of piperidine rings is 1. The highest BCUT2D eigenvalue weighted by Gasteiger charge is 2.66. The molecular weight excluding hydrogens is 126 g/mol. The molecule has 2 saturated heterocycles. The maximum atomic E-state index is 5.48. The molecular formula is C8H13NO. The molecule has 56 valence electrons. The Kier molecular flexibility index (Phi) is 0.783. The Morgan fingerprint density at radius 3 is 3.00 bits per heavy atom. The van der Waals surface area contributed by atoms with E-state index in [9.17, 15) is 0 Å². The molecule has 10 heavy (non-hydrogen) atoms. The molecule has 0 aromatic carbocycles. The minimum atomic E-state index is 0.648. The zero-order valence-corrected chi connectivity index (χ0v) is 6.34. The zero-order valence-electron chi connectivity index (χ0n) is 6.34. The summed E-state index contributed by atoms with van der Waals surface area (Å²) in [5.74, 6) is 0. The Morgan fingerprint density at radius 2 is 2.40 bits per heavy atom. The molecule has 0 aromatic heterocycles. The van der Waals surface area contributed by atoms with E-state index in [1.54, 1.807) is 0 Å². The van der Waals surface area contributed by atoms with Crippen LogP contribution in [0.2, 0.25) is 0 Å². The van der Waals surface area contributed by atoms with Crippen LogP contribution in [0.1, 0.15) is 12.8 Å². The van der Waals surface area contributed by atoms with Crippen molar-refractivity contribution in [1.82, 2.24) is 4.90 Å². The van der Waals surface area contributed by atoms with Gasteiger partial charge in [-0.15, -0.1) is 0 Å². The van der Waals surface area contributed by atoms with Crippen LogP contribution in [0.5, 0.6) is 0 Å². The molecule has 3 aliphatic rings. The first kappa shape index (κ1) is 5.56. The lowest BCUT2D eigenvalue weighted by molar-refractivity contribution is -0.163. The maximum Gasteiger partial charge on any atom is 0.0629 e. The van der Waals surface area contributed by atoms with E-state index in [0.717, 1.165) is 25.3 Å². The minimum absolute atomic E-state index is 0.648. The minimum Gasteiger partial charge on any atom is -0.379 e. The molecule has 1 aliphatic carbocycles. The van der Waals surface area contributed by atoms with Gasteiger partial charge in [0.15, 0.2) is 0 Å². The third kappa shape index (κ3) is 0.350. The molecule has 0 aromatic rings. The van der Waals surface area contributed by atoms with Crippen molar-refractivity contribution < 1.29 is 4.74 Å². The fraction of sp³-hybridized carbons (Fsp3) is 1.00. The summed E-state index contributed by atoms with van der Waals surface area (Å²) in [5, 5.41) is 0. The van der Waals surface area contributed by atoms with Crippen LogP contribution < -0.4 is 0 Å². The van der Waals surface area contributed by atoms with Gasteiger partial charge in [0.25, 0.3) is 0 Å². The third-order valence-electron chi connectivity index (χ3n) is 3.84. The second-order valence-electron chi connectivity index (χ2n) is 3.98. The van der Waals surface area contributed by atoms with Crippen molar-refractivity contribution in [3.63, 3.8) is 0 Å². The summed E-state index contributed by atoms with van der Waals surface area (Å²) in [4.78, 5) is 2.50. The monoisotopic (exact) mass is 139 g/mol. The molecule has 0 radical (unpaired) electrons. The molecule has 3 atom stereocenters. The zero-order chi connectivity index (χ0) is 6.77. The largest absolute Gasteiger partial charge is 0.379 e. The number of likely N-dealkylation sites (tertiary alicyclic amines) is 1. The van der Waals surface area contributed by atoms with E-state index in [0.29, 0.717) is 5.41 Å². The van der Waals surface area contributed by atoms with Gasteiger partial charge in [-0.25, -0.2) is 0 Å². The molecule has 0 amide bonds. The van der Waals surface area contributed by atoms with Gasteiger partial charge in [0.2, 0.25) is 0 Å². The van der Waals surface area contributed by atoms with Gasteiger partial charge in [-0.1, -0.05) is 0 Å². The molecule has 3 rings (SSSR count). The Bertz CT molecular complexity index is 182. The number of ether oxygens (including phenoxy) is 1. The Balaban J connectivity index is 1.94. The molecule has 2 aliphatic heterocycles. The van der Waals surface area contributed by atoms with Crippen LogP contribution in [0, 0.1) is 5.41 Å². The van der Waals surface area contributed by atoms with Crippen molar-refractivity contribution >= 4 is 0 Å². The first-order valence-corrected chi connectivity index (χ1v) is 4.14. The van der Waals surface area contributed by atoms with Crippen molar-refractivity contribution in [3.05, 3.63) is 0 Å². The highest BCUT2D eigenvalue weighted by atomic mass is 16.5. The highest BCUT2D eigenvalue weighted by molar-refractivity contribution is 5.19. The number of hydrogen-bond donors (Lipinski definition) is 0. The van der Waals surface area contributed by atoms with Crippen molar-refractivity contribution in [2.45, 2.75) is 24.9 Å². The van der Waals surface area contributed by atoms with E-state index in [4.69, 9.17) is 4.74 Å². The van der Waals surface area contributed by atoms with E-state index in [2.05, 4.69) is 11.9 Å². The number of rotatable bonds is 0. The molecule has 2 heteroatoms. The van der Waals surface area contributed by atoms with E-state index in [-0.39, 0.29) is 0 Å². The van der Waals surface area contributed by atoms with Crippen LogP contribution in [-0.2, 0) is 4.74 Å². The summed E-state index contributed by atoms with van der Waals surface area (Å²) in [5.41, 5.74) is 0.648. The Labute approximate surface area is 61.1 Å². The van der Waals surface area contributed by atoms with Crippen LogP contribution in [-0.4, -0.2) is 37.2 Å². The molecule has 3 unspecified atom stereocenters. The predicted octanol–water partition coefficient (Wildman–Crippen LogP) is 0.479. The SMILES string of the molecule is CN1C2CCC23COCC13. The fourth-order valence-corrected chi connectivity index (χ4v) is 3.09. The van der Waals surface area contributed by atoms with Crippen molar-refractivity contribution in [3.8, 4) is 0 Å². The number of nitrogens with zero attached hydrogens (tertiary/aromatic N) is 1.